The van der Waals surface area contributed by atoms with E-state index in [0.717, 1.165) is 61.6 Å². The Hall–Kier alpha value is -3.57. The smallest absolute Gasteiger partial charge is 0.274 e. The Bertz CT molecular complexity index is 1270. The van der Waals surface area contributed by atoms with E-state index in [9.17, 15) is 4.79 Å². The second-order valence-electron chi connectivity index (χ2n) is 8.90. The van der Waals surface area contributed by atoms with Gasteiger partial charge in [0.25, 0.3) is 5.56 Å². The maximum absolute atomic E-state index is 13.6. The van der Waals surface area contributed by atoms with Gasteiger partial charge < -0.3 is 4.74 Å². The highest BCUT2D eigenvalue weighted by Gasteiger charge is 2.26. The Morgan fingerprint density at radius 2 is 1.53 bits per heavy atom. The first-order valence-electron chi connectivity index (χ1n) is 12.0. The molecule has 5 heteroatoms. The standard InChI is InChI=1S/C29H31N3O2/c1-34-26-16-14-25(15-17-26)32-29(33)27-18-20-30(19-8-13-23-9-4-2-5-10-23)22-28(27)31(32)21-24-11-6-3-7-12-24/h2-7,9-12,14-17H,8,13,18-22H2,1H3. The molecule has 0 N–H and O–H groups in total. The van der Waals surface area contributed by atoms with E-state index >= 15 is 0 Å². The third kappa shape index (κ3) is 4.70. The number of ether oxygens (including phenoxy) is 1. The van der Waals surface area contributed by atoms with Crippen LogP contribution < -0.4 is 10.3 Å². The highest BCUT2D eigenvalue weighted by atomic mass is 16.5. The molecule has 0 saturated carbocycles. The van der Waals surface area contributed by atoms with Crippen molar-refractivity contribution in [1.29, 1.82) is 0 Å². The molecule has 1 aromatic heterocycles. The average Bonchev–Trinajstić information content (AvgIpc) is 3.16. The molecule has 0 fully saturated rings. The summed E-state index contributed by atoms with van der Waals surface area (Å²) in [7, 11) is 1.66. The van der Waals surface area contributed by atoms with Crippen LogP contribution >= 0.6 is 0 Å². The number of benzene rings is 3. The van der Waals surface area contributed by atoms with E-state index in [1.54, 1.807) is 7.11 Å². The van der Waals surface area contributed by atoms with Gasteiger partial charge in [-0.15, -0.1) is 0 Å². The summed E-state index contributed by atoms with van der Waals surface area (Å²) >= 11 is 0. The summed E-state index contributed by atoms with van der Waals surface area (Å²) in [6.45, 7) is 3.42. The summed E-state index contributed by atoms with van der Waals surface area (Å²) in [6.07, 6.45) is 2.98. The predicted molar refractivity (Wildman–Crippen MR) is 136 cm³/mol. The molecular formula is C29H31N3O2. The van der Waals surface area contributed by atoms with Crippen LogP contribution in [0.4, 0.5) is 0 Å². The maximum Gasteiger partial charge on any atom is 0.274 e. The first-order chi connectivity index (χ1) is 16.7. The molecule has 2 heterocycles. The zero-order chi connectivity index (χ0) is 23.3. The molecule has 0 atom stereocenters. The summed E-state index contributed by atoms with van der Waals surface area (Å²) in [5.74, 6) is 0.785. The number of nitrogens with zero attached hydrogens (tertiary/aromatic N) is 3. The molecule has 34 heavy (non-hydrogen) atoms. The second kappa shape index (κ2) is 10.1. The van der Waals surface area contributed by atoms with Crippen molar-refractivity contribution in [2.24, 2.45) is 0 Å². The number of rotatable bonds is 8. The fraction of sp³-hybridized carbons (Fsp3) is 0.276. The Labute approximate surface area is 200 Å². The third-order valence-electron chi connectivity index (χ3n) is 6.68. The van der Waals surface area contributed by atoms with Crippen LogP contribution in [0.3, 0.4) is 0 Å². The highest BCUT2D eigenvalue weighted by molar-refractivity contribution is 5.39. The van der Waals surface area contributed by atoms with E-state index in [2.05, 4.69) is 64.2 Å². The predicted octanol–water partition coefficient (Wildman–Crippen LogP) is 4.69. The van der Waals surface area contributed by atoms with Crippen LogP contribution in [-0.4, -0.2) is 34.5 Å². The van der Waals surface area contributed by atoms with Gasteiger partial charge in [0.15, 0.2) is 0 Å². The molecular weight excluding hydrogens is 422 g/mol. The topological polar surface area (TPSA) is 39.4 Å². The monoisotopic (exact) mass is 453 g/mol. The van der Waals surface area contributed by atoms with E-state index in [4.69, 9.17) is 4.74 Å². The zero-order valence-electron chi connectivity index (χ0n) is 19.7. The molecule has 4 aromatic rings. The van der Waals surface area contributed by atoms with Gasteiger partial charge in [-0.2, -0.15) is 0 Å². The summed E-state index contributed by atoms with van der Waals surface area (Å²) in [5.41, 5.74) is 5.61. The van der Waals surface area contributed by atoms with Crippen LogP contribution in [-0.2, 0) is 25.9 Å². The molecule has 0 aliphatic carbocycles. The lowest BCUT2D eigenvalue weighted by molar-refractivity contribution is 0.242. The number of methoxy groups -OCH3 is 1. The summed E-state index contributed by atoms with van der Waals surface area (Å²) < 4.78 is 9.36. The van der Waals surface area contributed by atoms with Gasteiger partial charge in [-0.1, -0.05) is 60.7 Å². The third-order valence-corrected chi connectivity index (χ3v) is 6.68. The molecule has 1 aliphatic heterocycles. The van der Waals surface area contributed by atoms with Crippen molar-refractivity contribution in [3.05, 3.63) is 118 Å². The normalized spacial score (nSPS) is 13.6. The number of aryl methyl sites for hydroxylation is 1. The number of hydrogen-bond donors (Lipinski definition) is 0. The first kappa shape index (κ1) is 22.2. The number of hydrogen-bond acceptors (Lipinski definition) is 3. The van der Waals surface area contributed by atoms with Gasteiger partial charge in [-0.05, 0) is 61.2 Å². The van der Waals surface area contributed by atoms with E-state index < -0.39 is 0 Å². The van der Waals surface area contributed by atoms with Crippen molar-refractivity contribution < 1.29 is 4.74 Å². The molecule has 0 unspecified atom stereocenters. The van der Waals surface area contributed by atoms with Crippen molar-refractivity contribution >= 4 is 0 Å². The fourth-order valence-corrected chi connectivity index (χ4v) is 4.87. The van der Waals surface area contributed by atoms with Crippen LogP contribution in [0.25, 0.3) is 5.69 Å². The van der Waals surface area contributed by atoms with Crippen LogP contribution in [0.5, 0.6) is 5.75 Å². The van der Waals surface area contributed by atoms with Crippen molar-refractivity contribution in [2.45, 2.75) is 32.4 Å². The van der Waals surface area contributed by atoms with Crippen LogP contribution in [0, 0.1) is 0 Å². The van der Waals surface area contributed by atoms with Gasteiger partial charge in [0.2, 0.25) is 0 Å². The minimum absolute atomic E-state index is 0.0973. The fourth-order valence-electron chi connectivity index (χ4n) is 4.87. The van der Waals surface area contributed by atoms with Crippen LogP contribution in [0.2, 0.25) is 0 Å². The van der Waals surface area contributed by atoms with Gasteiger partial charge in [-0.25, -0.2) is 4.68 Å². The van der Waals surface area contributed by atoms with Crippen molar-refractivity contribution in [3.8, 4) is 11.4 Å². The maximum atomic E-state index is 13.6. The molecule has 5 rings (SSSR count). The Kier molecular flexibility index (Phi) is 6.63. The minimum Gasteiger partial charge on any atom is -0.497 e. The highest BCUT2D eigenvalue weighted by Crippen LogP contribution is 2.22. The molecule has 5 nitrogen and oxygen atoms in total. The average molecular weight is 454 g/mol. The van der Waals surface area contributed by atoms with Gasteiger partial charge in [-0.3, -0.25) is 14.4 Å². The lowest BCUT2D eigenvalue weighted by atomic mass is 10.1. The zero-order valence-corrected chi connectivity index (χ0v) is 19.7. The van der Waals surface area contributed by atoms with E-state index in [0.29, 0.717) is 6.54 Å². The summed E-state index contributed by atoms with van der Waals surface area (Å²) in [4.78, 5) is 16.1. The number of fused-ring (bicyclic) bond motifs is 1. The quantitative estimate of drug-likeness (QED) is 0.389. The summed E-state index contributed by atoms with van der Waals surface area (Å²) in [5, 5.41) is 0. The van der Waals surface area contributed by atoms with Crippen LogP contribution in [0.15, 0.2) is 89.7 Å². The largest absolute Gasteiger partial charge is 0.497 e. The molecule has 0 bridgehead atoms. The second-order valence-corrected chi connectivity index (χ2v) is 8.90. The summed E-state index contributed by atoms with van der Waals surface area (Å²) in [6, 6.07) is 28.8. The van der Waals surface area contributed by atoms with E-state index in [-0.39, 0.29) is 5.56 Å². The van der Waals surface area contributed by atoms with Crippen LogP contribution in [0.1, 0.15) is 28.8 Å². The molecule has 3 aromatic carbocycles. The Morgan fingerprint density at radius 1 is 0.853 bits per heavy atom. The molecule has 1 aliphatic rings. The number of aromatic nitrogens is 2. The Morgan fingerprint density at radius 3 is 2.21 bits per heavy atom. The van der Waals surface area contributed by atoms with Crippen molar-refractivity contribution in [3.63, 3.8) is 0 Å². The lowest BCUT2D eigenvalue weighted by Gasteiger charge is -2.28. The van der Waals surface area contributed by atoms with Gasteiger partial charge in [0, 0.05) is 18.7 Å². The van der Waals surface area contributed by atoms with E-state index in [1.807, 2.05) is 35.0 Å². The molecule has 0 saturated heterocycles. The minimum atomic E-state index is 0.0973. The first-order valence-corrected chi connectivity index (χ1v) is 12.0. The lowest BCUT2D eigenvalue weighted by Crippen LogP contribution is -2.33. The molecule has 0 spiro atoms. The van der Waals surface area contributed by atoms with Gasteiger partial charge >= 0.3 is 0 Å². The Balaban J connectivity index is 1.44. The molecule has 0 amide bonds. The van der Waals surface area contributed by atoms with Crippen molar-refractivity contribution in [2.75, 3.05) is 20.2 Å². The van der Waals surface area contributed by atoms with Gasteiger partial charge in [0.1, 0.15) is 5.75 Å². The van der Waals surface area contributed by atoms with Gasteiger partial charge in [0.05, 0.1) is 25.0 Å². The molecule has 174 valence electrons. The van der Waals surface area contributed by atoms with E-state index in [1.165, 1.54) is 11.1 Å². The molecule has 0 radical (unpaired) electrons. The SMILES string of the molecule is COc1ccc(-n2c(=O)c3c(n2Cc2ccccc2)CN(CCCc2ccccc2)CC3)cc1. The van der Waals surface area contributed by atoms with Crippen molar-refractivity contribution in [1.82, 2.24) is 14.3 Å².